The Hall–Kier alpha value is -3.93. The van der Waals surface area contributed by atoms with Crippen LogP contribution in [0, 0.1) is 6.92 Å². The summed E-state index contributed by atoms with van der Waals surface area (Å²) in [6.07, 6.45) is 0. The van der Waals surface area contributed by atoms with Crippen LogP contribution in [0.5, 0.6) is 5.75 Å². The van der Waals surface area contributed by atoms with Crippen LogP contribution in [0.4, 0.5) is 5.69 Å². The van der Waals surface area contributed by atoms with Gasteiger partial charge in [0.05, 0.1) is 23.8 Å². The van der Waals surface area contributed by atoms with Gasteiger partial charge >= 0.3 is 0 Å². The molecule has 0 atom stereocenters. The number of carbonyl (C=O) groups is 1. The molecule has 0 saturated heterocycles. The van der Waals surface area contributed by atoms with Gasteiger partial charge in [-0.15, -0.1) is 0 Å². The molecule has 1 amide bonds. The van der Waals surface area contributed by atoms with Gasteiger partial charge in [-0.25, -0.2) is 0 Å². The maximum atomic E-state index is 12.9. The third kappa shape index (κ3) is 3.87. The zero-order valence-electron chi connectivity index (χ0n) is 16.0. The smallest absolute Gasteiger partial charge is 0.259 e. The van der Waals surface area contributed by atoms with Gasteiger partial charge in [0.1, 0.15) is 5.75 Å². The van der Waals surface area contributed by atoms with E-state index in [-0.39, 0.29) is 11.8 Å². The lowest BCUT2D eigenvalue weighted by Gasteiger charge is -2.08. The van der Waals surface area contributed by atoms with Crippen LogP contribution in [0.2, 0.25) is 0 Å². The maximum Gasteiger partial charge on any atom is 0.259 e. The monoisotopic (exact) mass is 385 g/mol. The molecule has 144 valence electrons. The van der Waals surface area contributed by atoms with E-state index in [2.05, 4.69) is 15.5 Å². The number of nitrogens with one attached hydrogen (secondary N) is 1. The first-order valence-corrected chi connectivity index (χ1v) is 9.10. The van der Waals surface area contributed by atoms with Gasteiger partial charge < -0.3 is 14.6 Å². The highest BCUT2D eigenvalue weighted by atomic mass is 16.5. The molecule has 0 saturated carbocycles. The van der Waals surface area contributed by atoms with Crippen molar-refractivity contribution in [1.82, 2.24) is 10.1 Å². The Morgan fingerprint density at radius 1 is 0.966 bits per heavy atom. The second-order valence-corrected chi connectivity index (χ2v) is 6.49. The quantitative estimate of drug-likeness (QED) is 0.525. The first-order chi connectivity index (χ1) is 14.2. The molecule has 4 rings (SSSR count). The number of nitrogens with zero attached hydrogens (tertiary/aromatic N) is 2. The lowest BCUT2D eigenvalue weighted by Crippen LogP contribution is -2.13. The number of para-hydroxylation sites is 1. The lowest BCUT2D eigenvalue weighted by atomic mass is 10.1. The third-order valence-electron chi connectivity index (χ3n) is 4.45. The molecule has 0 unspecified atom stereocenters. The highest BCUT2D eigenvalue weighted by Crippen LogP contribution is 2.30. The summed E-state index contributed by atoms with van der Waals surface area (Å²) >= 11 is 0. The van der Waals surface area contributed by atoms with Crippen LogP contribution < -0.4 is 10.1 Å². The topological polar surface area (TPSA) is 77.2 Å². The summed E-state index contributed by atoms with van der Waals surface area (Å²) in [6.45, 7) is 1.97. The number of benzene rings is 3. The van der Waals surface area contributed by atoms with Gasteiger partial charge in [0.15, 0.2) is 0 Å². The molecular formula is C23H19N3O3. The van der Waals surface area contributed by atoms with E-state index >= 15 is 0 Å². The molecule has 0 aliphatic rings. The fourth-order valence-corrected chi connectivity index (χ4v) is 3.06. The number of methoxy groups -OCH3 is 1. The van der Waals surface area contributed by atoms with Crippen molar-refractivity contribution in [2.75, 3.05) is 12.4 Å². The Labute approximate surface area is 168 Å². The molecule has 1 heterocycles. The van der Waals surface area contributed by atoms with Crippen LogP contribution in [0.1, 0.15) is 15.9 Å². The number of carbonyl (C=O) groups excluding carboxylic acids is 1. The molecule has 29 heavy (non-hydrogen) atoms. The summed E-state index contributed by atoms with van der Waals surface area (Å²) in [6, 6.07) is 22.2. The van der Waals surface area contributed by atoms with Gasteiger partial charge in [-0.2, -0.15) is 4.98 Å². The number of ether oxygens (including phenoxy) is 1. The summed E-state index contributed by atoms with van der Waals surface area (Å²) in [5.41, 5.74) is 3.52. The zero-order valence-corrected chi connectivity index (χ0v) is 16.0. The molecule has 1 N–H and O–H groups in total. The molecule has 0 radical (unpaired) electrons. The summed E-state index contributed by atoms with van der Waals surface area (Å²) in [4.78, 5) is 17.4. The molecule has 3 aromatic carbocycles. The van der Waals surface area contributed by atoms with E-state index in [0.29, 0.717) is 28.3 Å². The Balaban J connectivity index is 1.67. The van der Waals surface area contributed by atoms with Gasteiger partial charge in [0.25, 0.3) is 11.8 Å². The van der Waals surface area contributed by atoms with Gasteiger partial charge in [-0.1, -0.05) is 41.6 Å². The second kappa shape index (κ2) is 7.98. The predicted molar refractivity (Wildman–Crippen MR) is 111 cm³/mol. The van der Waals surface area contributed by atoms with Gasteiger partial charge in [0.2, 0.25) is 5.82 Å². The van der Waals surface area contributed by atoms with Crippen LogP contribution in [0.15, 0.2) is 77.3 Å². The Bertz CT molecular complexity index is 1170. The summed E-state index contributed by atoms with van der Waals surface area (Å²) < 4.78 is 10.8. The molecule has 0 bridgehead atoms. The number of aryl methyl sites for hydroxylation is 1. The number of hydrogen-bond donors (Lipinski definition) is 1. The number of anilines is 1. The molecule has 0 spiro atoms. The SMILES string of the molecule is COc1ccccc1-c1noc(-c2ccccc2C(=O)Nc2cccc(C)c2)n1. The first-order valence-electron chi connectivity index (χ1n) is 9.10. The van der Waals surface area contributed by atoms with E-state index in [0.717, 1.165) is 11.3 Å². The molecule has 0 aliphatic carbocycles. The van der Waals surface area contributed by atoms with E-state index in [1.807, 2.05) is 61.5 Å². The van der Waals surface area contributed by atoms with E-state index in [4.69, 9.17) is 9.26 Å². The molecule has 4 aromatic rings. The average Bonchev–Trinajstić information content (AvgIpc) is 3.23. The van der Waals surface area contributed by atoms with E-state index in [9.17, 15) is 4.79 Å². The van der Waals surface area contributed by atoms with Crippen molar-refractivity contribution in [2.24, 2.45) is 0 Å². The largest absolute Gasteiger partial charge is 0.496 e. The fraction of sp³-hybridized carbons (Fsp3) is 0.0870. The van der Waals surface area contributed by atoms with Crippen LogP contribution in [-0.2, 0) is 0 Å². The molecule has 6 heteroatoms. The standard InChI is InChI=1S/C23H19N3O3/c1-15-8-7-9-16(14-15)24-22(27)17-10-3-4-11-18(17)23-25-21(26-29-23)19-12-5-6-13-20(19)28-2/h3-14H,1-2H3,(H,24,27). The minimum Gasteiger partial charge on any atom is -0.496 e. The van der Waals surface area contributed by atoms with Crippen molar-refractivity contribution in [3.05, 3.63) is 83.9 Å². The summed E-state index contributed by atoms with van der Waals surface area (Å²) in [5, 5.41) is 6.99. The average molecular weight is 385 g/mol. The molecule has 6 nitrogen and oxygen atoms in total. The lowest BCUT2D eigenvalue weighted by molar-refractivity contribution is 0.102. The van der Waals surface area contributed by atoms with Crippen LogP contribution in [-0.4, -0.2) is 23.2 Å². The summed E-state index contributed by atoms with van der Waals surface area (Å²) in [7, 11) is 1.59. The Morgan fingerprint density at radius 2 is 1.72 bits per heavy atom. The van der Waals surface area contributed by atoms with Gasteiger partial charge in [-0.3, -0.25) is 4.79 Å². The van der Waals surface area contributed by atoms with Crippen molar-refractivity contribution in [3.8, 4) is 28.6 Å². The highest BCUT2D eigenvalue weighted by Gasteiger charge is 2.19. The molecule has 0 aliphatic heterocycles. The zero-order chi connectivity index (χ0) is 20.2. The van der Waals surface area contributed by atoms with Crippen molar-refractivity contribution in [1.29, 1.82) is 0 Å². The molecular weight excluding hydrogens is 366 g/mol. The van der Waals surface area contributed by atoms with E-state index < -0.39 is 0 Å². The first kappa shape index (κ1) is 18.4. The summed E-state index contributed by atoms with van der Waals surface area (Å²) in [5.74, 6) is 1.06. The van der Waals surface area contributed by atoms with Crippen LogP contribution in [0.3, 0.4) is 0 Å². The van der Waals surface area contributed by atoms with E-state index in [1.165, 1.54) is 0 Å². The molecule has 1 aromatic heterocycles. The van der Waals surface area contributed by atoms with Gasteiger partial charge in [0, 0.05) is 5.69 Å². The van der Waals surface area contributed by atoms with Crippen molar-refractivity contribution < 1.29 is 14.1 Å². The normalized spacial score (nSPS) is 10.6. The Kier molecular flexibility index (Phi) is 5.07. The Morgan fingerprint density at radius 3 is 2.52 bits per heavy atom. The predicted octanol–water partition coefficient (Wildman–Crippen LogP) is 4.97. The van der Waals surface area contributed by atoms with Crippen molar-refractivity contribution >= 4 is 11.6 Å². The minimum atomic E-state index is -0.247. The number of aromatic nitrogens is 2. The minimum absolute atomic E-state index is 0.247. The fourth-order valence-electron chi connectivity index (χ4n) is 3.06. The van der Waals surface area contributed by atoms with Gasteiger partial charge in [-0.05, 0) is 48.9 Å². The van der Waals surface area contributed by atoms with E-state index in [1.54, 1.807) is 25.3 Å². The second-order valence-electron chi connectivity index (χ2n) is 6.49. The number of hydrogen-bond acceptors (Lipinski definition) is 5. The van der Waals surface area contributed by atoms with Crippen LogP contribution in [0.25, 0.3) is 22.8 Å². The highest BCUT2D eigenvalue weighted by molar-refractivity contribution is 6.08. The third-order valence-corrected chi connectivity index (χ3v) is 4.45. The van der Waals surface area contributed by atoms with Crippen molar-refractivity contribution in [3.63, 3.8) is 0 Å². The number of amides is 1. The number of rotatable bonds is 5. The van der Waals surface area contributed by atoms with Crippen LogP contribution >= 0.6 is 0 Å². The maximum absolute atomic E-state index is 12.9. The molecule has 0 fully saturated rings. The van der Waals surface area contributed by atoms with Crippen molar-refractivity contribution in [2.45, 2.75) is 6.92 Å².